The summed E-state index contributed by atoms with van der Waals surface area (Å²) in [5.41, 5.74) is 1.86. The van der Waals surface area contributed by atoms with Crippen LogP contribution in [0, 0.1) is 0 Å². The van der Waals surface area contributed by atoms with Crippen LogP contribution in [0.15, 0.2) is 59.8 Å². The minimum absolute atomic E-state index is 0.0109. The third-order valence-corrected chi connectivity index (χ3v) is 5.37. The number of carbonyl (C=O) groups is 1. The van der Waals surface area contributed by atoms with Gasteiger partial charge in [0, 0.05) is 22.8 Å². The van der Waals surface area contributed by atoms with Crippen LogP contribution in [0.5, 0.6) is 0 Å². The summed E-state index contributed by atoms with van der Waals surface area (Å²) >= 11 is 7.40. The van der Waals surface area contributed by atoms with Crippen LogP contribution in [0.2, 0.25) is 5.02 Å². The molecule has 0 fully saturated rings. The van der Waals surface area contributed by atoms with E-state index >= 15 is 0 Å². The Hall–Kier alpha value is -2.31. The molecule has 1 heterocycles. The fraction of sp³-hybridized carbons (Fsp3) is 0.286. The Morgan fingerprint density at radius 3 is 2.54 bits per heavy atom. The van der Waals surface area contributed by atoms with Gasteiger partial charge >= 0.3 is 0 Å². The molecule has 0 bridgehead atoms. The topological polar surface area (TPSA) is 59.8 Å². The Morgan fingerprint density at radius 2 is 1.82 bits per heavy atom. The highest BCUT2D eigenvalue weighted by Gasteiger charge is 2.17. The standard InChI is InChI=1S/C21H23ClN4OS/c1-2-3-7-14-23-19(27)15-28-21-25-24-20(16-10-12-17(22)13-11-16)26(21)18-8-5-4-6-9-18/h4-6,8-13H,2-3,7,14-15H2,1H3,(H,23,27). The summed E-state index contributed by atoms with van der Waals surface area (Å²) in [6, 6.07) is 17.4. The molecule has 1 N–H and O–H groups in total. The molecule has 0 unspecified atom stereocenters. The number of benzene rings is 2. The smallest absolute Gasteiger partial charge is 0.230 e. The van der Waals surface area contributed by atoms with E-state index in [-0.39, 0.29) is 5.91 Å². The van der Waals surface area contributed by atoms with E-state index in [9.17, 15) is 4.79 Å². The highest BCUT2D eigenvalue weighted by Crippen LogP contribution is 2.28. The van der Waals surface area contributed by atoms with Crippen LogP contribution in [0.1, 0.15) is 26.2 Å². The molecule has 1 aromatic heterocycles. The average molecular weight is 415 g/mol. The van der Waals surface area contributed by atoms with Crippen molar-refractivity contribution in [2.24, 2.45) is 0 Å². The number of aromatic nitrogens is 3. The van der Waals surface area contributed by atoms with Crippen LogP contribution in [-0.2, 0) is 4.79 Å². The first-order chi connectivity index (χ1) is 13.7. The van der Waals surface area contributed by atoms with E-state index in [0.717, 1.165) is 30.5 Å². The zero-order valence-electron chi connectivity index (χ0n) is 15.8. The van der Waals surface area contributed by atoms with Gasteiger partial charge in [-0.15, -0.1) is 10.2 Å². The second-order valence-electron chi connectivity index (χ2n) is 6.33. The maximum atomic E-state index is 12.1. The van der Waals surface area contributed by atoms with E-state index in [1.165, 1.54) is 11.8 Å². The lowest BCUT2D eigenvalue weighted by Crippen LogP contribution is -2.26. The predicted octanol–water partition coefficient (Wildman–Crippen LogP) is 4.99. The average Bonchev–Trinajstić information content (AvgIpc) is 3.15. The minimum Gasteiger partial charge on any atom is -0.355 e. The maximum absolute atomic E-state index is 12.1. The fourth-order valence-electron chi connectivity index (χ4n) is 2.74. The van der Waals surface area contributed by atoms with E-state index in [2.05, 4.69) is 22.4 Å². The van der Waals surface area contributed by atoms with Crippen LogP contribution in [0.4, 0.5) is 0 Å². The molecule has 0 aliphatic rings. The molecule has 3 aromatic rings. The van der Waals surface area contributed by atoms with Gasteiger partial charge < -0.3 is 5.32 Å². The molecule has 0 saturated carbocycles. The van der Waals surface area contributed by atoms with Crippen molar-refractivity contribution in [3.8, 4) is 17.1 Å². The summed E-state index contributed by atoms with van der Waals surface area (Å²) in [4.78, 5) is 12.1. The molecule has 5 nitrogen and oxygen atoms in total. The number of nitrogens with one attached hydrogen (secondary N) is 1. The lowest BCUT2D eigenvalue weighted by atomic mass is 10.2. The number of unbranched alkanes of at least 4 members (excludes halogenated alkanes) is 2. The van der Waals surface area contributed by atoms with Crippen LogP contribution in [0.25, 0.3) is 17.1 Å². The van der Waals surface area contributed by atoms with Crippen molar-refractivity contribution < 1.29 is 4.79 Å². The van der Waals surface area contributed by atoms with Gasteiger partial charge in [-0.25, -0.2) is 0 Å². The van der Waals surface area contributed by atoms with Crippen molar-refractivity contribution in [3.05, 3.63) is 59.6 Å². The van der Waals surface area contributed by atoms with Crippen molar-refractivity contribution >= 4 is 29.3 Å². The van der Waals surface area contributed by atoms with E-state index in [0.29, 0.717) is 28.3 Å². The van der Waals surface area contributed by atoms with Gasteiger partial charge in [-0.1, -0.05) is 61.3 Å². The third-order valence-electron chi connectivity index (χ3n) is 4.19. The molecular formula is C21H23ClN4OS. The summed E-state index contributed by atoms with van der Waals surface area (Å²) < 4.78 is 1.97. The molecule has 0 saturated heterocycles. The number of amides is 1. The highest BCUT2D eigenvalue weighted by atomic mass is 35.5. The normalized spacial score (nSPS) is 10.8. The molecule has 0 atom stereocenters. The van der Waals surface area contributed by atoms with E-state index in [1.54, 1.807) is 0 Å². The monoisotopic (exact) mass is 414 g/mol. The Bertz CT molecular complexity index is 897. The van der Waals surface area contributed by atoms with Gasteiger partial charge in [-0.2, -0.15) is 0 Å². The second kappa shape index (κ2) is 10.3. The van der Waals surface area contributed by atoms with Crippen LogP contribution >= 0.6 is 23.4 Å². The van der Waals surface area contributed by atoms with Crippen LogP contribution in [-0.4, -0.2) is 33.0 Å². The predicted molar refractivity (Wildman–Crippen MR) is 115 cm³/mol. The Labute approximate surface area is 174 Å². The van der Waals surface area contributed by atoms with Crippen molar-refractivity contribution in [1.82, 2.24) is 20.1 Å². The number of rotatable bonds is 9. The molecule has 1 amide bonds. The molecule has 0 aliphatic carbocycles. The molecule has 3 rings (SSSR count). The molecule has 28 heavy (non-hydrogen) atoms. The number of hydrogen-bond acceptors (Lipinski definition) is 4. The molecule has 2 aromatic carbocycles. The highest BCUT2D eigenvalue weighted by molar-refractivity contribution is 7.99. The second-order valence-corrected chi connectivity index (χ2v) is 7.71. The summed E-state index contributed by atoms with van der Waals surface area (Å²) in [5, 5.41) is 13.0. The number of thioether (sulfide) groups is 1. The Balaban J connectivity index is 1.79. The van der Waals surface area contributed by atoms with Crippen molar-refractivity contribution in [1.29, 1.82) is 0 Å². The van der Waals surface area contributed by atoms with Gasteiger partial charge in [0.05, 0.1) is 5.75 Å². The van der Waals surface area contributed by atoms with Crippen molar-refractivity contribution in [3.63, 3.8) is 0 Å². The summed E-state index contributed by atoms with van der Waals surface area (Å²) in [5.74, 6) is 1.03. The lowest BCUT2D eigenvalue weighted by molar-refractivity contribution is -0.118. The maximum Gasteiger partial charge on any atom is 0.230 e. The fourth-order valence-corrected chi connectivity index (χ4v) is 3.65. The molecule has 146 valence electrons. The SMILES string of the molecule is CCCCCNC(=O)CSc1nnc(-c2ccc(Cl)cc2)n1-c1ccccc1. The molecule has 0 spiro atoms. The molecule has 0 aliphatic heterocycles. The number of carbonyl (C=O) groups excluding carboxylic acids is 1. The lowest BCUT2D eigenvalue weighted by Gasteiger charge is -2.10. The molecule has 0 radical (unpaired) electrons. The first kappa shape index (κ1) is 20.4. The summed E-state index contributed by atoms with van der Waals surface area (Å²) in [6.45, 7) is 2.86. The number of hydrogen-bond donors (Lipinski definition) is 1. The van der Waals surface area contributed by atoms with Crippen molar-refractivity contribution in [2.45, 2.75) is 31.3 Å². The zero-order chi connectivity index (χ0) is 19.8. The third kappa shape index (κ3) is 5.36. The van der Waals surface area contributed by atoms with Crippen molar-refractivity contribution in [2.75, 3.05) is 12.3 Å². The zero-order valence-corrected chi connectivity index (χ0v) is 17.3. The summed E-state index contributed by atoms with van der Waals surface area (Å²) in [7, 11) is 0. The van der Waals surface area contributed by atoms with Crippen LogP contribution < -0.4 is 5.32 Å². The number of nitrogens with zero attached hydrogens (tertiary/aromatic N) is 3. The number of halogens is 1. The van der Waals surface area contributed by atoms with Gasteiger partial charge in [0.15, 0.2) is 11.0 Å². The van der Waals surface area contributed by atoms with Gasteiger partial charge in [0.1, 0.15) is 0 Å². The largest absolute Gasteiger partial charge is 0.355 e. The summed E-state index contributed by atoms with van der Waals surface area (Å²) in [6.07, 6.45) is 3.27. The minimum atomic E-state index is 0.0109. The Kier molecular flexibility index (Phi) is 7.51. The van der Waals surface area contributed by atoms with Gasteiger partial charge in [-0.3, -0.25) is 9.36 Å². The molecular weight excluding hydrogens is 392 g/mol. The van der Waals surface area contributed by atoms with Gasteiger partial charge in [-0.05, 0) is 42.8 Å². The van der Waals surface area contributed by atoms with Crippen LogP contribution in [0.3, 0.4) is 0 Å². The first-order valence-electron chi connectivity index (χ1n) is 9.35. The van der Waals surface area contributed by atoms with E-state index in [4.69, 9.17) is 11.6 Å². The quantitative estimate of drug-likeness (QED) is 0.396. The Morgan fingerprint density at radius 1 is 1.07 bits per heavy atom. The van der Waals surface area contributed by atoms with E-state index < -0.39 is 0 Å². The first-order valence-corrected chi connectivity index (χ1v) is 10.7. The van der Waals surface area contributed by atoms with Gasteiger partial charge in [0.25, 0.3) is 0 Å². The van der Waals surface area contributed by atoms with Gasteiger partial charge in [0.2, 0.25) is 5.91 Å². The van der Waals surface area contributed by atoms with E-state index in [1.807, 2.05) is 59.2 Å². The molecule has 7 heteroatoms. The number of para-hydroxylation sites is 1.